The number of carbonyl (C=O) groups excluding carboxylic acids is 1. The summed E-state index contributed by atoms with van der Waals surface area (Å²) in [6, 6.07) is 14.1. The predicted molar refractivity (Wildman–Crippen MR) is 89.0 cm³/mol. The molecule has 4 rings (SSSR count). The Bertz CT molecular complexity index is 935. The zero-order valence-corrected chi connectivity index (χ0v) is 13.3. The minimum absolute atomic E-state index is 0.165. The fraction of sp³-hybridized carbons (Fsp3) is 0.111. The molecule has 0 radical (unpaired) electrons. The van der Waals surface area contributed by atoms with Crippen molar-refractivity contribution >= 4 is 11.6 Å². The van der Waals surface area contributed by atoms with Crippen LogP contribution in [0.2, 0.25) is 0 Å². The minimum atomic E-state index is -0.385. The number of benzene rings is 2. The Morgan fingerprint density at radius 2 is 1.96 bits per heavy atom. The number of rotatable bonds is 4. The number of para-hydroxylation sites is 1. The van der Waals surface area contributed by atoms with Crippen LogP contribution in [0.25, 0.3) is 11.3 Å². The van der Waals surface area contributed by atoms with Gasteiger partial charge < -0.3 is 24.1 Å². The van der Waals surface area contributed by atoms with Crippen molar-refractivity contribution in [1.82, 2.24) is 5.16 Å². The monoisotopic (exact) mass is 338 g/mol. The largest absolute Gasteiger partial charge is 0.496 e. The first-order valence-corrected chi connectivity index (χ1v) is 7.56. The maximum Gasteiger partial charge on any atom is 0.277 e. The van der Waals surface area contributed by atoms with E-state index in [1.54, 1.807) is 31.4 Å². The molecule has 1 amide bonds. The van der Waals surface area contributed by atoms with Crippen LogP contribution in [0.4, 0.5) is 5.69 Å². The zero-order chi connectivity index (χ0) is 17.2. The molecule has 7 heteroatoms. The summed E-state index contributed by atoms with van der Waals surface area (Å²) in [5.74, 6) is 1.95. The third-order valence-electron chi connectivity index (χ3n) is 3.75. The molecular formula is C18H14N2O5. The van der Waals surface area contributed by atoms with Crippen LogP contribution in [-0.4, -0.2) is 25.0 Å². The number of aromatic nitrogens is 1. The van der Waals surface area contributed by atoms with E-state index in [4.69, 9.17) is 18.7 Å². The molecule has 126 valence electrons. The average molecular weight is 338 g/mol. The second-order valence-electron chi connectivity index (χ2n) is 5.30. The molecule has 2 heterocycles. The number of anilines is 1. The van der Waals surface area contributed by atoms with Crippen LogP contribution in [-0.2, 0) is 0 Å². The smallest absolute Gasteiger partial charge is 0.277 e. The quantitative estimate of drug-likeness (QED) is 0.786. The molecular weight excluding hydrogens is 324 g/mol. The Kier molecular flexibility index (Phi) is 3.74. The number of methoxy groups -OCH3 is 1. The van der Waals surface area contributed by atoms with Crippen molar-refractivity contribution < 1.29 is 23.5 Å². The number of ether oxygens (including phenoxy) is 3. The van der Waals surface area contributed by atoms with Gasteiger partial charge in [0.05, 0.1) is 12.7 Å². The summed E-state index contributed by atoms with van der Waals surface area (Å²) in [5, 5.41) is 6.59. The fourth-order valence-corrected chi connectivity index (χ4v) is 2.53. The van der Waals surface area contributed by atoms with Crippen molar-refractivity contribution in [3.63, 3.8) is 0 Å². The van der Waals surface area contributed by atoms with Gasteiger partial charge in [0.2, 0.25) is 6.79 Å². The number of carbonyl (C=O) groups is 1. The first-order valence-electron chi connectivity index (χ1n) is 7.56. The van der Waals surface area contributed by atoms with Gasteiger partial charge in [0.25, 0.3) is 5.91 Å². The maximum atomic E-state index is 12.4. The lowest BCUT2D eigenvalue weighted by atomic mass is 10.1. The molecule has 0 atom stereocenters. The first-order chi connectivity index (χ1) is 12.2. The van der Waals surface area contributed by atoms with E-state index in [1.807, 2.05) is 24.3 Å². The van der Waals surface area contributed by atoms with Gasteiger partial charge >= 0.3 is 0 Å². The fourth-order valence-electron chi connectivity index (χ4n) is 2.53. The molecule has 1 N–H and O–H groups in total. The van der Waals surface area contributed by atoms with Crippen molar-refractivity contribution in [2.24, 2.45) is 0 Å². The van der Waals surface area contributed by atoms with E-state index in [0.29, 0.717) is 28.7 Å². The van der Waals surface area contributed by atoms with Gasteiger partial charge in [-0.3, -0.25) is 4.79 Å². The third kappa shape index (κ3) is 2.87. The highest BCUT2D eigenvalue weighted by Gasteiger charge is 2.18. The molecule has 0 fully saturated rings. The van der Waals surface area contributed by atoms with Gasteiger partial charge in [0, 0.05) is 17.8 Å². The maximum absolute atomic E-state index is 12.4. The molecule has 0 spiro atoms. The van der Waals surface area contributed by atoms with Gasteiger partial charge in [-0.1, -0.05) is 17.3 Å². The van der Waals surface area contributed by atoms with Gasteiger partial charge in [0.1, 0.15) is 5.75 Å². The number of nitrogens with one attached hydrogen (secondary N) is 1. The Balaban J connectivity index is 1.54. The Morgan fingerprint density at radius 1 is 1.12 bits per heavy atom. The van der Waals surface area contributed by atoms with Crippen LogP contribution >= 0.6 is 0 Å². The predicted octanol–water partition coefficient (Wildman–Crippen LogP) is 3.33. The van der Waals surface area contributed by atoms with Crippen molar-refractivity contribution in [1.29, 1.82) is 0 Å². The van der Waals surface area contributed by atoms with E-state index >= 15 is 0 Å². The molecule has 2 aromatic carbocycles. The lowest BCUT2D eigenvalue weighted by Crippen LogP contribution is -2.12. The lowest BCUT2D eigenvalue weighted by molar-refractivity contribution is 0.101. The molecule has 25 heavy (non-hydrogen) atoms. The number of amides is 1. The van der Waals surface area contributed by atoms with E-state index in [1.165, 1.54) is 0 Å². The molecule has 3 aromatic rings. The SMILES string of the molecule is COc1ccccc1-c1cc(C(=O)Nc2ccc3c(c2)OCO3)no1. The second-order valence-corrected chi connectivity index (χ2v) is 5.30. The van der Waals surface area contributed by atoms with Crippen LogP contribution in [0.5, 0.6) is 17.2 Å². The molecule has 0 aliphatic carbocycles. The Hall–Kier alpha value is -3.48. The van der Waals surface area contributed by atoms with Gasteiger partial charge in [-0.05, 0) is 24.3 Å². The van der Waals surface area contributed by atoms with E-state index in [2.05, 4.69) is 10.5 Å². The molecule has 1 aromatic heterocycles. The average Bonchev–Trinajstić information content (AvgIpc) is 3.30. The number of fused-ring (bicyclic) bond motifs is 1. The van der Waals surface area contributed by atoms with Gasteiger partial charge in [-0.15, -0.1) is 0 Å². The summed E-state index contributed by atoms with van der Waals surface area (Å²) >= 11 is 0. The number of nitrogens with zero attached hydrogens (tertiary/aromatic N) is 1. The first kappa shape index (κ1) is 15.1. The summed E-state index contributed by atoms with van der Waals surface area (Å²) in [4.78, 5) is 12.4. The Morgan fingerprint density at radius 3 is 2.84 bits per heavy atom. The normalized spacial score (nSPS) is 12.0. The van der Waals surface area contributed by atoms with Gasteiger partial charge in [-0.2, -0.15) is 0 Å². The summed E-state index contributed by atoms with van der Waals surface area (Å²) < 4.78 is 21.1. The third-order valence-corrected chi connectivity index (χ3v) is 3.75. The summed E-state index contributed by atoms with van der Waals surface area (Å²) in [5.41, 5.74) is 1.47. The Labute approximate surface area is 143 Å². The molecule has 1 aliphatic rings. The van der Waals surface area contributed by atoms with Crippen LogP contribution in [0.15, 0.2) is 53.1 Å². The highest BCUT2D eigenvalue weighted by Crippen LogP contribution is 2.34. The summed E-state index contributed by atoms with van der Waals surface area (Å²) in [7, 11) is 1.57. The van der Waals surface area contributed by atoms with E-state index in [0.717, 1.165) is 5.56 Å². The standard InChI is InChI=1S/C18H14N2O5/c1-22-14-5-3-2-4-12(14)16-9-13(20-25-16)18(21)19-11-6-7-15-17(8-11)24-10-23-15/h2-9H,10H2,1H3,(H,19,21). The zero-order valence-electron chi connectivity index (χ0n) is 13.3. The molecule has 7 nitrogen and oxygen atoms in total. The van der Waals surface area contributed by atoms with Crippen molar-refractivity contribution in [2.45, 2.75) is 0 Å². The number of hydrogen-bond acceptors (Lipinski definition) is 6. The molecule has 0 bridgehead atoms. The van der Waals surface area contributed by atoms with Gasteiger partial charge in [-0.25, -0.2) is 0 Å². The summed E-state index contributed by atoms with van der Waals surface area (Å²) in [6.45, 7) is 0.179. The van der Waals surface area contributed by atoms with Crippen molar-refractivity contribution in [3.8, 4) is 28.6 Å². The van der Waals surface area contributed by atoms with Crippen LogP contribution in [0.1, 0.15) is 10.5 Å². The van der Waals surface area contributed by atoms with Crippen LogP contribution < -0.4 is 19.5 Å². The molecule has 0 unspecified atom stereocenters. The highest BCUT2D eigenvalue weighted by molar-refractivity contribution is 6.03. The molecule has 1 aliphatic heterocycles. The van der Waals surface area contributed by atoms with E-state index in [-0.39, 0.29) is 18.4 Å². The second kappa shape index (κ2) is 6.20. The topological polar surface area (TPSA) is 82.8 Å². The van der Waals surface area contributed by atoms with E-state index < -0.39 is 0 Å². The number of hydrogen-bond donors (Lipinski definition) is 1. The van der Waals surface area contributed by atoms with Crippen molar-refractivity contribution in [3.05, 3.63) is 54.2 Å². The molecule has 0 saturated heterocycles. The lowest BCUT2D eigenvalue weighted by Gasteiger charge is -2.04. The van der Waals surface area contributed by atoms with Gasteiger partial charge in [0.15, 0.2) is 23.0 Å². The summed E-state index contributed by atoms with van der Waals surface area (Å²) in [6.07, 6.45) is 0. The van der Waals surface area contributed by atoms with E-state index in [9.17, 15) is 4.79 Å². The molecule has 0 saturated carbocycles. The van der Waals surface area contributed by atoms with Crippen molar-refractivity contribution in [2.75, 3.05) is 19.2 Å². The highest BCUT2D eigenvalue weighted by atomic mass is 16.7. The van der Waals surface area contributed by atoms with Crippen LogP contribution in [0.3, 0.4) is 0 Å². The minimum Gasteiger partial charge on any atom is -0.496 e. The van der Waals surface area contributed by atoms with Crippen LogP contribution in [0, 0.1) is 0 Å².